The Morgan fingerprint density at radius 2 is 1.95 bits per heavy atom. The Bertz CT molecular complexity index is 523. The Hall–Kier alpha value is -1.95. The van der Waals surface area contributed by atoms with E-state index in [2.05, 4.69) is 34.2 Å². The topological polar surface area (TPSA) is 64.9 Å². The molecule has 0 saturated heterocycles. The first-order chi connectivity index (χ1) is 9.19. The standard InChI is InChI=1S/C13H19N5O/c1-9(2)18-12(10(19-4)8-17-18)11(14-3)13-15-6-5-7-16-13/h5-9,11,14H,1-4H3. The first kappa shape index (κ1) is 13.5. The van der Waals surface area contributed by atoms with E-state index >= 15 is 0 Å². The van der Waals surface area contributed by atoms with Crippen LogP contribution in [-0.2, 0) is 0 Å². The van der Waals surface area contributed by atoms with E-state index in [-0.39, 0.29) is 12.1 Å². The van der Waals surface area contributed by atoms with Crippen molar-refractivity contribution in [3.05, 3.63) is 36.2 Å². The van der Waals surface area contributed by atoms with Gasteiger partial charge in [0, 0.05) is 18.4 Å². The highest BCUT2D eigenvalue weighted by atomic mass is 16.5. The third-order valence-electron chi connectivity index (χ3n) is 2.91. The second kappa shape index (κ2) is 5.79. The van der Waals surface area contributed by atoms with Gasteiger partial charge in [-0.2, -0.15) is 5.10 Å². The van der Waals surface area contributed by atoms with Crippen LogP contribution < -0.4 is 10.1 Å². The molecule has 0 radical (unpaired) electrons. The maximum atomic E-state index is 5.40. The number of ether oxygens (including phenoxy) is 1. The highest BCUT2D eigenvalue weighted by molar-refractivity contribution is 5.32. The molecule has 2 aromatic heterocycles. The molecule has 0 fully saturated rings. The summed E-state index contributed by atoms with van der Waals surface area (Å²) in [4.78, 5) is 8.62. The molecule has 0 saturated carbocycles. The predicted octanol–water partition coefficient (Wildman–Crippen LogP) is 1.57. The lowest BCUT2D eigenvalue weighted by atomic mass is 10.1. The van der Waals surface area contributed by atoms with Crippen LogP contribution in [0.15, 0.2) is 24.7 Å². The fraction of sp³-hybridized carbons (Fsp3) is 0.462. The molecule has 1 N–H and O–H groups in total. The lowest BCUT2D eigenvalue weighted by Crippen LogP contribution is -2.24. The van der Waals surface area contributed by atoms with E-state index < -0.39 is 0 Å². The zero-order valence-electron chi connectivity index (χ0n) is 11.7. The molecule has 2 rings (SSSR count). The van der Waals surface area contributed by atoms with Crippen molar-refractivity contribution in [3.63, 3.8) is 0 Å². The van der Waals surface area contributed by atoms with Crippen LogP contribution in [0, 0.1) is 0 Å². The van der Waals surface area contributed by atoms with Gasteiger partial charge >= 0.3 is 0 Å². The Morgan fingerprint density at radius 3 is 2.47 bits per heavy atom. The number of hydrogen-bond donors (Lipinski definition) is 1. The van der Waals surface area contributed by atoms with Crippen LogP contribution in [-0.4, -0.2) is 33.9 Å². The molecule has 0 aliphatic heterocycles. The summed E-state index contributed by atoms with van der Waals surface area (Å²) in [6.45, 7) is 4.16. The van der Waals surface area contributed by atoms with Gasteiger partial charge in [-0.15, -0.1) is 0 Å². The Morgan fingerprint density at radius 1 is 1.26 bits per heavy atom. The van der Waals surface area contributed by atoms with Crippen LogP contribution in [0.3, 0.4) is 0 Å². The number of nitrogens with one attached hydrogen (secondary N) is 1. The smallest absolute Gasteiger partial charge is 0.162 e. The number of aromatic nitrogens is 4. The lowest BCUT2D eigenvalue weighted by molar-refractivity contribution is 0.394. The molecule has 1 atom stereocenters. The quantitative estimate of drug-likeness (QED) is 0.885. The molecule has 1 unspecified atom stereocenters. The third kappa shape index (κ3) is 2.58. The van der Waals surface area contributed by atoms with E-state index in [0.29, 0.717) is 5.82 Å². The first-order valence-corrected chi connectivity index (χ1v) is 6.24. The molecule has 6 heteroatoms. The summed E-state index contributed by atoms with van der Waals surface area (Å²) in [7, 11) is 3.52. The van der Waals surface area contributed by atoms with Crippen molar-refractivity contribution in [2.45, 2.75) is 25.9 Å². The predicted molar refractivity (Wildman–Crippen MR) is 72.1 cm³/mol. The Kier molecular flexibility index (Phi) is 4.11. The van der Waals surface area contributed by atoms with Gasteiger partial charge in [0.25, 0.3) is 0 Å². The van der Waals surface area contributed by atoms with Gasteiger partial charge in [-0.05, 0) is 27.0 Å². The zero-order chi connectivity index (χ0) is 13.8. The van der Waals surface area contributed by atoms with Crippen molar-refractivity contribution in [2.24, 2.45) is 0 Å². The van der Waals surface area contributed by atoms with Gasteiger partial charge in [-0.25, -0.2) is 9.97 Å². The molecule has 102 valence electrons. The highest BCUT2D eigenvalue weighted by Crippen LogP contribution is 2.29. The van der Waals surface area contributed by atoms with Gasteiger partial charge in [-0.1, -0.05) is 0 Å². The molecule has 0 bridgehead atoms. The Labute approximate surface area is 112 Å². The van der Waals surface area contributed by atoms with Crippen molar-refractivity contribution in [2.75, 3.05) is 14.2 Å². The Balaban J connectivity index is 2.51. The molecule has 2 aromatic rings. The van der Waals surface area contributed by atoms with E-state index in [1.807, 2.05) is 11.7 Å². The summed E-state index contributed by atoms with van der Waals surface area (Å²) >= 11 is 0. The van der Waals surface area contributed by atoms with Crippen molar-refractivity contribution >= 4 is 0 Å². The molecule has 0 aliphatic rings. The summed E-state index contributed by atoms with van der Waals surface area (Å²) in [5.74, 6) is 1.44. The van der Waals surface area contributed by atoms with Crippen LogP contribution >= 0.6 is 0 Å². The van der Waals surface area contributed by atoms with E-state index in [1.54, 1.807) is 31.8 Å². The lowest BCUT2D eigenvalue weighted by Gasteiger charge is -2.19. The van der Waals surface area contributed by atoms with Gasteiger partial charge < -0.3 is 10.1 Å². The molecule has 0 amide bonds. The minimum atomic E-state index is -0.152. The van der Waals surface area contributed by atoms with Gasteiger partial charge in [0.15, 0.2) is 11.6 Å². The van der Waals surface area contributed by atoms with Crippen molar-refractivity contribution in [1.82, 2.24) is 25.1 Å². The number of hydrogen-bond acceptors (Lipinski definition) is 5. The summed E-state index contributed by atoms with van der Waals surface area (Å²) in [5, 5.41) is 7.60. The summed E-state index contributed by atoms with van der Waals surface area (Å²) < 4.78 is 7.33. The molecule has 0 aliphatic carbocycles. The van der Waals surface area contributed by atoms with Gasteiger partial charge in [0.1, 0.15) is 11.7 Å². The minimum absolute atomic E-state index is 0.152. The van der Waals surface area contributed by atoms with E-state index in [9.17, 15) is 0 Å². The fourth-order valence-electron chi connectivity index (χ4n) is 2.05. The summed E-state index contributed by atoms with van der Waals surface area (Å²) in [5.41, 5.74) is 0.936. The van der Waals surface area contributed by atoms with E-state index in [0.717, 1.165) is 11.4 Å². The van der Waals surface area contributed by atoms with Gasteiger partial charge in [0.2, 0.25) is 0 Å². The second-order valence-corrected chi connectivity index (χ2v) is 4.47. The maximum absolute atomic E-state index is 5.40. The number of rotatable bonds is 5. The average Bonchev–Trinajstić information content (AvgIpc) is 2.85. The number of nitrogens with zero attached hydrogens (tertiary/aromatic N) is 4. The fourth-order valence-corrected chi connectivity index (χ4v) is 2.05. The van der Waals surface area contributed by atoms with Gasteiger partial charge in [0.05, 0.1) is 13.3 Å². The molecule has 0 aromatic carbocycles. The molecule has 2 heterocycles. The van der Waals surface area contributed by atoms with Crippen molar-refractivity contribution in [1.29, 1.82) is 0 Å². The summed E-state index contributed by atoms with van der Waals surface area (Å²) in [6, 6.07) is 1.88. The van der Waals surface area contributed by atoms with Crippen LogP contribution in [0.2, 0.25) is 0 Å². The van der Waals surface area contributed by atoms with Crippen LogP contribution in [0.25, 0.3) is 0 Å². The van der Waals surface area contributed by atoms with Gasteiger partial charge in [-0.3, -0.25) is 4.68 Å². The molecule has 0 spiro atoms. The van der Waals surface area contributed by atoms with Crippen molar-refractivity contribution < 1.29 is 4.74 Å². The number of methoxy groups -OCH3 is 1. The maximum Gasteiger partial charge on any atom is 0.162 e. The van der Waals surface area contributed by atoms with Crippen LogP contribution in [0.4, 0.5) is 0 Å². The largest absolute Gasteiger partial charge is 0.493 e. The second-order valence-electron chi connectivity index (χ2n) is 4.47. The molecular weight excluding hydrogens is 242 g/mol. The summed E-state index contributed by atoms with van der Waals surface area (Å²) in [6.07, 6.45) is 5.19. The monoisotopic (exact) mass is 261 g/mol. The molecule has 6 nitrogen and oxygen atoms in total. The average molecular weight is 261 g/mol. The van der Waals surface area contributed by atoms with E-state index in [4.69, 9.17) is 4.74 Å². The van der Waals surface area contributed by atoms with Crippen LogP contribution in [0.1, 0.15) is 37.4 Å². The first-order valence-electron chi connectivity index (χ1n) is 6.24. The van der Waals surface area contributed by atoms with Crippen LogP contribution in [0.5, 0.6) is 5.75 Å². The normalized spacial score (nSPS) is 12.7. The highest BCUT2D eigenvalue weighted by Gasteiger charge is 2.25. The molecular formula is C13H19N5O. The zero-order valence-corrected chi connectivity index (χ0v) is 11.7. The SMILES string of the molecule is CNC(c1ncccn1)c1c(OC)cnn1C(C)C. The van der Waals surface area contributed by atoms with E-state index in [1.165, 1.54) is 0 Å². The minimum Gasteiger partial charge on any atom is -0.493 e. The third-order valence-corrected chi connectivity index (χ3v) is 2.91. The molecule has 19 heavy (non-hydrogen) atoms. The van der Waals surface area contributed by atoms with Crippen molar-refractivity contribution in [3.8, 4) is 5.75 Å².